The first-order valence-electron chi connectivity index (χ1n) is 9.36. The molecule has 1 aromatic carbocycles. The summed E-state index contributed by atoms with van der Waals surface area (Å²) < 4.78 is 4.20. The summed E-state index contributed by atoms with van der Waals surface area (Å²) in [4.78, 5) is 34.3. The molecule has 0 unspecified atom stereocenters. The quantitative estimate of drug-likeness (QED) is 0.403. The first kappa shape index (κ1) is 19.3. The van der Waals surface area contributed by atoms with Gasteiger partial charge in [0.15, 0.2) is 11.2 Å². The maximum absolute atomic E-state index is 13.1. The average Bonchev–Trinajstić information content (AvgIpc) is 3.08. The van der Waals surface area contributed by atoms with Crippen LogP contribution in [0.5, 0.6) is 0 Å². The predicted octanol–water partition coefficient (Wildman–Crippen LogP) is 1.63. The van der Waals surface area contributed by atoms with E-state index in [1.165, 1.54) is 9.13 Å². The second-order valence-corrected chi connectivity index (χ2v) is 7.04. The molecule has 0 saturated heterocycles. The second-order valence-electron chi connectivity index (χ2n) is 7.04. The molecule has 3 aromatic heterocycles. The Morgan fingerprint density at radius 1 is 1.10 bits per heavy atom. The number of aryl methyl sites for hydroxylation is 3. The van der Waals surface area contributed by atoms with Crippen molar-refractivity contribution in [2.24, 2.45) is 19.2 Å². The van der Waals surface area contributed by atoms with Crippen LogP contribution in [0.25, 0.3) is 11.2 Å². The van der Waals surface area contributed by atoms with Crippen molar-refractivity contribution in [2.45, 2.75) is 13.5 Å². The van der Waals surface area contributed by atoms with E-state index in [0.717, 1.165) is 16.7 Å². The first-order chi connectivity index (χ1) is 14.5. The summed E-state index contributed by atoms with van der Waals surface area (Å²) in [6.07, 6.45) is 4.95. The molecule has 0 atom stereocenters. The minimum atomic E-state index is -0.420. The fourth-order valence-electron chi connectivity index (χ4n) is 3.18. The molecule has 4 rings (SSSR count). The highest BCUT2D eigenvalue weighted by molar-refractivity contribution is 5.80. The van der Waals surface area contributed by atoms with E-state index in [2.05, 4.69) is 20.5 Å². The standard InChI is InChI=1S/C21H21N7O2/c1-14-6-8-15(9-7-14)13-28-19(29)17-18(27(3)21(28)30)24-20(26(17)2)25-23-12-16-5-4-10-22-11-16/h4-12H,13H2,1-3H3,(H,24,25). The number of imidazole rings is 1. The zero-order valence-electron chi connectivity index (χ0n) is 16.9. The Kier molecular flexibility index (Phi) is 5.01. The maximum atomic E-state index is 13.1. The largest absolute Gasteiger partial charge is 0.332 e. The summed E-state index contributed by atoms with van der Waals surface area (Å²) in [5.41, 5.74) is 5.44. The van der Waals surface area contributed by atoms with E-state index >= 15 is 0 Å². The monoisotopic (exact) mass is 403 g/mol. The lowest BCUT2D eigenvalue weighted by Crippen LogP contribution is -2.39. The molecule has 0 aliphatic rings. The molecule has 0 radical (unpaired) electrons. The zero-order chi connectivity index (χ0) is 21.3. The molecule has 0 bridgehead atoms. The summed E-state index contributed by atoms with van der Waals surface area (Å²) in [5, 5.41) is 4.15. The number of rotatable bonds is 5. The van der Waals surface area contributed by atoms with Gasteiger partial charge in [-0.15, -0.1) is 0 Å². The van der Waals surface area contributed by atoms with Gasteiger partial charge in [-0.25, -0.2) is 10.2 Å². The van der Waals surface area contributed by atoms with Gasteiger partial charge in [-0.1, -0.05) is 35.9 Å². The van der Waals surface area contributed by atoms with Gasteiger partial charge < -0.3 is 4.57 Å². The SMILES string of the molecule is Cc1ccc(Cn2c(=O)c3c(nc(NN=Cc4cccnc4)n3C)n(C)c2=O)cc1. The highest BCUT2D eigenvalue weighted by Gasteiger charge is 2.18. The normalized spacial score (nSPS) is 11.4. The van der Waals surface area contributed by atoms with E-state index in [9.17, 15) is 9.59 Å². The Bertz CT molecular complexity index is 1350. The number of anilines is 1. The van der Waals surface area contributed by atoms with Gasteiger partial charge in [0.2, 0.25) is 5.95 Å². The highest BCUT2D eigenvalue weighted by Crippen LogP contribution is 2.13. The third-order valence-corrected chi connectivity index (χ3v) is 4.88. The van der Waals surface area contributed by atoms with Gasteiger partial charge in [0.05, 0.1) is 12.8 Å². The first-order valence-corrected chi connectivity index (χ1v) is 9.36. The van der Waals surface area contributed by atoms with Crippen LogP contribution in [0, 0.1) is 6.92 Å². The van der Waals surface area contributed by atoms with Crippen molar-refractivity contribution in [3.05, 3.63) is 86.3 Å². The van der Waals surface area contributed by atoms with Crippen LogP contribution in [0.1, 0.15) is 16.7 Å². The number of hydrogen-bond donors (Lipinski definition) is 1. The summed E-state index contributed by atoms with van der Waals surface area (Å²) in [7, 11) is 3.31. The number of benzene rings is 1. The molecule has 30 heavy (non-hydrogen) atoms. The van der Waals surface area contributed by atoms with Crippen molar-refractivity contribution >= 4 is 23.3 Å². The van der Waals surface area contributed by atoms with Crippen LogP contribution < -0.4 is 16.7 Å². The second kappa shape index (κ2) is 7.78. The molecule has 4 aromatic rings. The van der Waals surface area contributed by atoms with Crippen LogP contribution >= 0.6 is 0 Å². The van der Waals surface area contributed by atoms with E-state index in [4.69, 9.17) is 0 Å². The Morgan fingerprint density at radius 3 is 2.57 bits per heavy atom. The van der Waals surface area contributed by atoms with Crippen molar-refractivity contribution < 1.29 is 0 Å². The summed E-state index contributed by atoms with van der Waals surface area (Å²) in [5.74, 6) is 0.352. The van der Waals surface area contributed by atoms with Crippen molar-refractivity contribution in [2.75, 3.05) is 5.43 Å². The molecule has 152 valence electrons. The summed E-state index contributed by atoms with van der Waals surface area (Å²) in [6, 6.07) is 11.4. The fraction of sp³-hybridized carbons (Fsp3) is 0.190. The maximum Gasteiger partial charge on any atom is 0.332 e. The van der Waals surface area contributed by atoms with Gasteiger partial charge in [-0.3, -0.25) is 18.9 Å². The fourth-order valence-corrected chi connectivity index (χ4v) is 3.18. The van der Waals surface area contributed by atoms with E-state index < -0.39 is 11.2 Å². The van der Waals surface area contributed by atoms with Crippen molar-refractivity contribution in [1.82, 2.24) is 23.7 Å². The van der Waals surface area contributed by atoms with Gasteiger partial charge in [0.1, 0.15) is 0 Å². The number of hydrazone groups is 1. The number of hydrogen-bond acceptors (Lipinski definition) is 6. The minimum absolute atomic E-state index is 0.189. The lowest BCUT2D eigenvalue weighted by atomic mass is 10.1. The highest BCUT2D eigenvalue weighted by atomic mass is 16.2. The summed E-state index contributed by atoms with van der Waals surface area (Å²) in [6.45, 7) is 2.18. The third kappa shape index (κ3) is 3.52. The Balaban J connectivity index is 1.73. The number of pyridine rings is 1. The minimum Gasteiger partial charge on any atom is -0.306 e. The molecule has 3 heterocycles. The topological polar surface area (TPSA) is 99.1 Å². The van der Waals surface area contributed by atoms with Crippen LogP contribution in [0.3, 0.4) is 0 Å². The number of nitrogens with one attached hydrogen (secondary N) is 1. The van der Waals surface area contributed by atoms with Gasteiger partial charge in [0, 0.05) is 32.1 Å². The molecular formula is C21H21N7O2. The third-order valence-electron chi connectivity index (χ3n) is 4.88. The molecule has 9 nitrogen and oxygen atoms in total. The molecule has 0 saturated carbocycles. The molecule has 0 spiro atoms. The van der Waals surface area contributed by atoms with Gasteiger partial charge in [0.25, 0.3) is 5.56 Å². The average molecular weight is 403 g/mol. The van der Waals surface area contributed by atoms with E-state index in [1.807, 2.05) is 43.3 Å². The number of nitrogens with zero attached hydrogens (tertiary/aromatic N) is 6. The van der Waals surface area contributed by atoms with Gasteiger partial charge in [-0.2, -0.15) is 10.1 Å². The van der Waals surface area contributed by atoms with Crippen molar-refractivity contribution in [1.29, 1.82) is 0 Å². The van der Waals surface area contributed by atoms with Crippen LogP contribution in [-0.2, 0) is 20.6 Å². The lowest BCUT2D eigenvalue weighted by Gasteiger charge is -2.09. The Labute approximate surface area is 172 Å². The zero-order valence-corrected chi connectivity index (χ0v) is 16.9. The van der Waals surface area contributed by atoms with E-state index in [-0.39, 0.29) is 6.54 Å². The number of aromatic nitrogens is 5. The Morgan fingerprint density at radius 2 is 1.87 bits per heavy atom. The van der Waals surface area contributed by atoms with Crippen LogP contribution in [0.4, 0.5) is 5.95 Å². The molecular weight excluding hydrogens is 382 g/mol. The van der Waals surface area contributed by atoms with Gasteiger partial charge >= 0.3 is 5.69 Å². The molecule has 0 amide bonds. The lowest BCUT2D eigenvalue weighted by molar-refractivity contribution is 0.655. The molecule has 0 aliphatic heterocycles. The smallest absolute Gasteiger partial charge is 0.306 e. The van der Waals surface area contributed by atoms with E-state index in [1.54, 1.807) is 37.3 Å². The molecule has 1 N–H and O–H groups in total. The van der Waals surface area contributed by atoms with Crippen LogP contribution in [0.2, 0.25) is 0 Å². The van der Waals surface area contributed by atoms with Crippen LogP contribution in [-0.4, -0.2) is 29.9 Å². The summed E-state index contributed by atoms with van der Waals surface area (Å²) >= 11 is 0. The molecule has 0 fully saturated rings. The molecule has 0 aliphatic carbocycles. The van der Waals surface area contributed by atoms with Crippen LogP contribution in [0.15, 0.2) is 63.5 Å². The van der Waals surface area contributed by atoms with E-state index in [0.29, 0.717) is 17.1 Å². The van der Waals surface area contributed by atoms with Crippen molar-refractivity contribution in [3.63, 3.8) is 0 Å². The number of fused-ring (bicyclic) bond motifs is 1. The van der Waals surface area contributed by atoms with Gasteiger partial charge in [-0.05, 0) is 18.6 Å². The Hall–Kier alpha value is -4.01. The predicted molar refractivity (Wildman–Crippen MR) is 116 cm³/mol. The van der Waals surface area contributed by atoms with Crippen molar-refractivity contribution in [3.8, 4) is 0 Å². The molecule has 9 heteroatoms.